The van der Waals surface area contributed by atoms with Crippen LogP contribution in [0.3, 0.4) is 0 Å². The fraction of sp³-hybridized carbons (Fsp3) is 0.429. The molecule has 0 saturated carbocycles. The Kier molecular flexibility index (Phi) is 2.86. The fourth-order valence-electron chi connectivity index (χ4n) is 0.819. The lowest BCUT2D eigenvalue weighted by Crippen LogP contribution is -2.21. The van der Waals surface area contributed by atoms with Crippen LogP contribution < -0.4 is 11.1 Å². The minimum Gasteiger partial charge on any atom is -0.480 e. The molecule has 1 aromatic heterocycles. The van der Waals surface area contributed by atoms with Crippen LogP contribution in [0.25, 0.3) is 0 Å². The first kappa shape index (κ1) is 9.53. The van der Waals surface area contributed by atoms with E-state index in [1.54, 1.807) is 6.92 Å². The van der Waals surface area contributed by atoms with E-state index in [1.165, 1.54) is 0 Å². The highest BCUT2D eigenvalue weighted by Crippen LogP contribution is 2.03. The highest BCUT2D eigenvalue weighted by atomic mass is 16.6. The van der Waals surface area contributed by atoms with Gasteiger partial charge in [0.2, 0.25) is 0 Å². The van der Waals surface area contributed by atoms with E-state index >= 15 is 0 Å². The van der Waals surface area contributed by atoms with Crippen LogP contribution in [0.1, 0.15) is 11.5 Å². The lowest BCUT2D eigenvalue weighted by Gasteiger charge is -1.96. The second kappa shape index (κ2) is 3.90. The van der Waals surface area contributed by atoms with Crippen molar-refractivity contribution in [1.82, 2.24) is 5.32 Å². The Morgan fingerprint density at radius 2 is 2.23 bits per heavy atom. The summed E-state index contributed by atoms with van der Waals surface area (Å²) in [5, 5.41) is 10.9. The molecule has 0 aliphatic rings. The van der Waals surface area contributed by atoms with Crippen molar-refractivity contribution < 1.29 is 18.7 Å². The van der Waals surface area contributed by atoms with Crippen LogP contribution in [-0.2, 0) is 11.3 Å². The number of hydrogen-bond acceptors (Lipinski definition) is 5. The first-order valence-electron chi connectivity index (χ1n) is 3.61. The molecule has 1 rings (SSSR count). The molecule has 0 amide bonds. The zero-order valence-electron chi connectivity index (χ0n) is 6.99. The molecule has 0 atom stereocenters. The summed E-state index contributed by atoms with van der Waals surface area (Å²) in [4.78, 5) is 20.6. The van der Waals surface area contributed by atoms with Crippen molar-refractivity contribution in [2.24, 2.45) is 0 Å². The summed E-state index contributed by atoms with van der Waals surface area (Å²) < 4.78 is 9.18. The predicted molar refractivity (Wildman–Crippen MR) is 41.3 cm³/mol. The molecule has 0 radical (unpaired) electrons. The maximum atomic E-state index is 10.5. The van der Waals surface area contributed by atoms with Gasteiger partial charge in [-0.15, -0.1) is 0 Å². The summed E-state index contributed by atoms with van der Waals surface area (Å²) in [5.41, 5.74) is 0. The Labute approximate surface area is 73.2 Å². The maximum Gasteiger partial charge on any atom is 0.519 e. The lowest BCUT2D eigenvalue weighted by molar-refractivity contribution is -0.136. The number of hydrogen-bond donors (Lipinski definition) is 2. The van der Waals surface area contributed by atoms with Crippen molar-refractivity contribution >= 4 is 5.97 Å². The monoisotopic (exact) mass is 187 g/mol. The van der Waals surface area contributed by atoms with Crippen molar-refractivity contribution in [3.8, 4) is 0 Å². The molecule has 0 bridgehead atoms. The Hall–Kier alpha value is -1.56. The van der Waals surface area contributed by atoms with Crippen molar-refractivity contribution in [3.63, 3.8) is 0 Å². The zero-order valence-corrected chi connectivity index (χ0v) is 6.99. The predicted octanol–water partition coefficient (Wildman–Crippen LogP) is -0.285. The van der Waals surface area contributed by atoms with Gasteiger partial charge in [-0.25, -0.2) is 4.79 Å². The minimum atomic E-state index is -0.969. The van der Waals surface area contributed by atoms with Gasteiger partial charge in [-0.1, -0.05) is 0 Å². The average molecular weight is 187 g/mol. The molecule has 1 heterocycles. The molecule has 0 saturated heterocycles. The highest BCUT2D eigenvalue weighted by Gasteiger charge is 2.07. The molecule has 6 heteroatoms. The number of carboxylic acid groups (broad SMARTS) is 1. The van der Waals surface area contributed by atoms with Crippen molar-refractivity contribution in [3.05, 3.63) is 22.1 Å². The van der Waals surface area contributed by atoms with Gasteiger partial charge in [0.05, 0.1) is 13.1 Å². The molecule has 0 aromatic carbocycles. The Morgan fingerprint density at radius 3 is 2.69 bits per heavy atom. The standard InChI is InChI=1S/C7H9NO5/c1-4-5(13-7(11)12-4)2-8-3-6(9)10/h8H,2-3H2,1H3,(H,9,10). The van der Waals surface area contributed by atoms with E-state index in [4.69, 9.17) is 5.11 Å². The molecule has 0 spiro atoms. The fourth-order valence-corrected chi connectivity index (χ4v) is 0.819. The third-order valence-corrected chi connectivity index (χ3v) is 1.40. The topological polar surface area (TPSA) is 92.7 Å². The molecular weight excluding hydrogens is 178 g/mol. The summed E-state index contributed by atoms with van der Waals surface area (Å²) >= 11 is 0. The smallest absolute Gasteiger partial charge is 0.480 e. The second-order valence-electron chi connectivity index (χ2n) is 2.43. The van der Waals surface area contributed by atoms with Crippen molar-refractivity contribution in [2.45, 2.75) is 13.5 Å². The van der Waals surface area contributed by atoms with Crippen LogP contribution in [-0.4, -0.2) is 17.6 Å². The molecular formula is C7H9NO5. The number of aliphatic carboxylic acids is 1. The number of carbonyl (C=O) groups is 1. The van der Waals surface area contributed by atoms with Gasteiger partial charge in [0.25, 0.3) is 0 Å². The number of aryl methyl sites for hydroxylation is 1. The normalized spacial score (nSPS) is 10.2. The Bertz CT molecular complexity index is 350. The molecule has 0 aliphatic heterocycles. The van der Waals surface area contributed by atoms with E-state index in [-0.39, 0.29) is 13.1 Å². The maximum absolute atomic E-state index is 10.5. The van der Waals surface area contributed by atoms with E-state index in [2.05, 4.69) is 14.2 Å². The van der Waals surface area contributed by atoms with Crippen LogP contribution in [0.5, 0.6) is 0 Å². The largest absolute Gasteiger partial charge is 0.519 e. The minimum absolute atomic E-state index is 0.171. The molecule has 72 valence electrons. The van der Waals surface area contributed by atoms with Crippen LogP contribution >= 0.6 is 0 Å². The molecule has 0 unspecified atom stereocenters. The van der Waals surface area contributed by atoms with E-state index in [1.807, 2.05) is 0 Å². The van der Waals surface area contributed by atoms with Crippen molar-refractivity contribution in [1.29, 1.82) is 0 Å². The van der Waals surface area contributed by atoms with Crippen LogP contribution in [0.15, 0.2) is 13.6 Å². The third kappa shape index (κ3) is 2.75. The number of nitrogens with one attached hydrogen (secondary N) is 1. The lowest BCUT2D eigenvalue weighted by atomic mass is 10.4. The Morgan fingerprint density at radius 1 is 1.54 bits per heavy atom. The zero-order chi connectivity index (χ0) is 9.84. The molecule has 2 N–H and O–H groups in total. The van der Waals surface area contributed by atoms with Crippen LogP contribution in [0.4, 0.5) is 0 Å². The molecule has 6 nitrogen and oxygen atoms in total. The molecule has 1 aromatic rings. The van der Waals surface area contributed by atoms with Crippen LogP contribution in [0, 0.1) is 6.92 Å². The molecule has 0 fully saturated rings. The first-order chi connectivity index (χ1) is 6.09. The quantitative estimate of drug-likeness (QED) is 0.673. The van der Waals surface area contributed by atoms with Gasteiger partial charge in [-0.2, -0.15) is 0 Å². The van der Waals surface area contributed by atoms with Gasteiger partial charge < -0.3 is 13.9 Å². The highest BCUT2D eigenvalue weighted by molar-refractivity contribution is 5.68. The van der Waals surface area contributed by atoms with Gasteiger partial charge in [-0.05, 0) is 6.92 Å². The summed E-state index contributed by atoms with van der Waals surface area (Å²) in [6.45, 7) is 1.56. The second-order valence-corrected chi connectivity index (χ2v) is 2.43. The number of rotatable bonds is 4. The van der Waals surface area contributed by atoms with Crippen LogP contribution in [0.2, 0.25) is 0 Å². The van der Waals surface area contributed by atoms with Gasteiger partial charge in [-0.3, -0.25) is 10.1 Å². The van der Waals surface area contributed by atoms with Gasteiger partial charge >= 0.3 is 11.8 Å². The van der Waals surface area contributed by atoms with E-state index in [0.29, 0.717) is 11.5 Å². The Balaban J connectivity index is 2.50. The summed E-state index contributed by atoms with van der Waals surface area (Å²) in [5.74, 6) is -1.05. The summed E-state index contributed by atoms with van der Waals surface area (Å²) in [7, 11) is 0. The van der Waals surface area contributed by atoms with Gasteiger partial charge in [0.1, 0.15) is 5.76 Å². The summed E-state index contributed by atoms with van der Waals surface area (Å²) in [6, 6.07) is 0. The third-order valence-electron chi connectivity index (χ3n) is 1.40. The molecule has 0 aliphatic carbocycles. The SMILES string of the molecule is Cc1oc(=O)oc1CNCC(=O)O. The average Bonchev–Trinajstić information content (AvgIpc) is 2.29. The molecule has 13 heavy (non-hydrogen) atoms. The van der Waals surface area contributed by atoms with Gasteiger partial charge in [0.15, 0.2) is 5.76 Å². The van der Waals surface area contributed by atoms with E-state index < -0.39 is 11.8 Å². The van der Waals surface area contributed by atoms with Crippen molar-refractivity contribution in [2.75, 3.05) is 6.54 Å². The first-order valence-corrected chi connectivity index (χ1v) is 3.61. The van der Waals surface area contributed by atoms with E-state index in [9.17, 15) is 9.59 Å². The number of carboxylic acids is 1. The summed E-state index contributed by atoms with van der Waals surface area (Å²) in [6.07, 6.45) is 0. The van der Waals surface area contributed by atoms with E-state index in [0.717, 1.165) is 0 Å². The van der Waals surface area contributed by atoms with Gasteiger partial charge in [0, 0.05) is 0 Å².